The number of carbonyl (C=O) groups is 2. The van der Waals surface area contributed by atoms with E-state index in [2.05, 4.69) is 10.6 Å². The highest BCUT2D eigenvalue weighted by molar-refractivity contribution is 6.31. The molecule has 2 aromatic carbocycles. The van der Waals surface area contributed by atoms with E-state index in [1.807, 2.05) is 0 Å². The molecule has 4 nitrogen and oxygen atoms in total. The van der Waals surface area contributed by atoms with Crippen LogP contribution in [0.15, 0.2) is 65.0 Å². The van der Waals surface area contributed by atoms with E-state index < -0.39 is 29.1 Å². The highest BCUT2D eigenvalue weighted by atomic mass is 35.5. The zero-order valence-electron chi connectivity index (χ0n) is 16.2. The summed E-state index contributed by atoms with van der Waals surface area (Å²) in [6.45, 7) is 1.71. The van der Waals surface area contributed by atoms with Gasteiger partial charge >= 0.3 is 0 Å². The average molecular weight is 429 g/mol. The summed E-state index contributed by atoms with van der Waals surface area (Å²) in [6.07, 6.45) is 1.77. The largest absolute Gasteiger partial charge is 0.362 e. The van der Waals surface area contributed by atoms with E-state index in [9.17, 15) is 18.4 Å². The fourth-order valence-corrected chi connectivity index (χ4v) is 4.35. The van der Waals surface area contributed by atoms with Crippen molar-refractivity contribution in [1.82, 2.24) is 5.32 Å². The predicted octanol–water partition coefficient (Wildman–Crippen LogP) is 5.22. The number of benzene rings is 2. The predicted molar refractivity (Wildman–Crippen MR) is 111 cm³/mol. The van der Waals surface area contributed by atoms with Crippen LogP contribution in [0.2, 0.25) is 5.02 Å². The Kier molecular flexibility index (Phi) is 5.43. The summed E-state index contributed by atoms with van der Waals surface area (Å²) < 4.78 is 28.2. The molecule has 2 aromatic rings. The lowest BCUT2D eigenvalue weighted by molar-refractivity contribution is -0.116. The summed E-state index contributed by atoms with van der Waals surface area (Å²) in [5, 5.41) is 5.91. The van der Waals surface area contributed by atoms with E-state index >= 15 is 0 Å². The molecule has 1 atom stereocenters. The Morgan fingerprint density at radius 1 is 1.10 bits per heavy atom. The van der Waals surface area contributed by atoms with Gasteiger partial charge in [0.2, 0.25) is 0 Å². The Hall–Kier alpha value is -2.99. The van der Waals surface area contributed by atoms with Crippen molar-refractivity contribution in [3.8, 4) is 0 Å². The maximum absolute atomic E-state index is 14.1. The van der Waals surface area contributed by atoms with E-state index in [1.54, 1.807) is 31.2 Å². The van der Waals surface area contributed by atoms with Crippen LogP contribution < -0.4 is 10.6 Å². The van der Waals surface area contributed by atoms with Gasteiger partial charge in [0.1, 0.15) is 17.3 Å². The first-order valence-corrected chi connectivity index (χ1v) is 10.00. The van der Waals surface area contributed by atoms with Gasteiger partial charge < -0.3 is 10.6 Å². The molecular weight excluding hydrogens is 410 g/mol. The third kappa shape index (κ3) is 3.52. The first-order valence-electron chi connectivity index (χ1n) is 9.62. The normalized spacial score (nSPS) is 18.8. The minimum Gasteiger partial charge on any atom is -0.362 e. The number of hydrogen-bond acceptors (Lipinski definition) is 3. The van der Waals surface area contributed by atoms with Crippen LogP contribution in [0.25, 0.3) is 0 Å². The molecule has 1 aliphatic carbocycles. The lowest BCUT2D eigenvalue weighted by Crippen LogP contribution is -2.35. The summed E-state index contributed by atoms with van der Waals surface area (Å²) >= 11 is 6.44. The number of hydrogen-bond donors (Lipinski definition) is 2. The van der Waals surface area contributed by atoms with Crippen LogP contribution in [0.5, 0.6) is 0 Å². The summed E-state index contributed by atoms with van der Waals surface area (Å²) in [4.78, 5) is 26.1. The van der Waals surface area contributed by atoms with Gasteiger partial charge in [-0.25, -0.2) is 8.78 Å². The number of amides is 1. The molecule has 154 valence electrons. The first kappa shape index (κ1) is 20.3. The van der Waals surface area contributed by atoms with Crippen LogP contribution in [0.3, 0.4) is 0 Å². The quantitative estimate of drug-likeness (QED) is 0.704. The van der Waals surface area contributed by atoms with Crippen molar-refractivity contribution in [2.24, 2.45) is 0 Å². The Morgan fingerprint density at radius 3 is 2.50 bits per heavy atom. The molecule has 2 aliphatic rings. The van der Waals surface area contributed by atoms with Crippen LogP contribution >= 0.6 is 11.6 Å². The third-order valence-electron chi connectivity index (χ3n) is 5.44. The van der Waals surface area contributed by atoms with Gasteiger partial charge in [-0.1, -0.05) is 35.9 Å². The number of halogens is 3. The number of rotatable bonds is 3. The molecular formula is C23H19ClF2N2O2. The molecule has 2 N–H and O–H groups in total. The van der Waals surface area contributed by atoms with Gasteiger partial charge in [-0.3, -0.25) is 9.59 Å². The molecule has 0 aromatic heterocycles. The first-order chi connectivity index (χ1) is 14.4. The molecule has 1 aliphatic heterocycles. The molecule has 1 amide bonds. The van der Waals surface area contributed by atoms with Crippen LogP contribution in [0.4, 0.5) is 14.5 Å². The van der Waals surface area contributed by atoms with Crippen molar-refractivity contribution in [2.75, 3.05) is 5.32 Å². The molecule has 0 fully saturated rings. The molecule has 0 saturated heterocycles. The second-order valence-corrected chi connectivity index (χ2v) is 7.75. The smallest absolute Gasteiger partial charge is 0.254 e. The molecule has 0 radical (unpaired) electrons. The van der Waals surface area contributed by atoms with Gasteiger partial charge in [0.05, 0.1) is 0 Å². The van der Waals surface area contributed by atoms with Crippen molar-refractivity contribution in [3.05, 3.63) is 87.2 Å². The summed E-state index contributed by atoms with van der Waals surface area (Å²) in [5.41, 5.74) is 2.04. The number of ketones is 1. The van der Waals surface area contributed by atoms with Gasteiger partial charge in [-0.2, -0.15) is 0 Å². The second-order valence-electron chi connectivity index (χ2n) is 7.34. The van der Waals surface area contributed by atoms with Crippen molar-refractivity contribution in [3.63, 3.8) is 0 Å². The fraction of sp³-hybridized carbons (Fsp3) is 0.217. The molecule has 0 saturated carbocycles. The highest BCUT2D eigenvalue weighted by Crippen LogP contribution is 2.44. The number of para-hydroxylation sites is 1. The maximum Gasteiger partial charge on any atom is 0.254 e. The minimum absolute atomic E-state index is 0.0662. The Bertz CT molecular complexity index is 1100. The second kappa shape index (κ2) is 8.03. The monoisotopic (exact) mass is 428 g/mol. The fourth-order valence-electron chi connectivity index (χ4n) is 4.10. The summed E-state index contributed by atoms with van der Waals surface area (Å²) in [7, 11) is 0. The topological polar surface area (TPSA) is 58.2 Å². The number of allylic oxidation sites excluding steroid dienone is 3. The van der Waals surface area contributed by atoms with Crippen LogP contribution in [-0.4, -0.2) is 11.7 Å². The summed E-state index contributed by atoms with van der Waals surface area (Å²) in [5.74, 6) is -3.25. The standard InChI is InChI=1S/C23H19ClF2N2O2/c1-12-19(23(30)28-22-15(25)8-4-9-16(22)26)20(13-6-2-3-7-14(13)24)21-17(27-12)10-5-11-18(21)29/h2-4,6-9,20,27H,5,10-11H2,1H3,(H,28,30). The Morgan fingerprint density at radius 2 is 1.80 bits per heavy atom. The molecule has 0 spiro atoms. The Balaban J connectivity index is 1.83. The summed E-state index contributed by atoms with van der Waals surface area (Å²) in [6, 6.07) is 10.3. The maximum atomic E-state index is 14.1. The van der Waals surface area contributed by atoms with Gasteiger partial charge in [0.15, 0.2) is 5.78 Å². The van der Waals surface area contributed by atoms with Crippen molar-refractivity contribution in [1.29, 1.82) is 0 Å². The zero-order valence-corrected chi connectivity index (χ0v) is 16.9. The van der Waals surface area contributed by atoms with Crippen molar-refractivity contribution >= 4 is 29.0 Å². The molecule has 1 unspecified atom stereocenters. The minimum atomic E-state index is -0.881. The van der Waals surface area contributed by atoms with Crippen molar-refractivity contribution in [2.45, 2.75) is 32.1 Å². The molecule has 1 heterocycles. The van der Waals surface area contributed by atoms with Crippen LogP contribution in [0, 0.1) is 11.6 Å². The number of anilines is 1. The number of Topliss-reactive ketones (excluding diaryl/α,β-unsaturated/α-hetero) is 1. The van der Waals surface area contributed by atoms with Gasteiger partial charge in [0.25, 0.3) is 5.91 Å². The van der Waals surface area contributed by atoms with Gasteiger partial charge in [-0.05, 0) is 43.5 Å². The third-order valence-corrected chi connectivity index (χ3v) is 5.78. The van der Waals surface area contributed by atoms with E-state index in [0.29, 0.717) is 34.7 Å². The van der Waals surface area contributed by atoms with E-state index in [-0.39, 0.29) is 11.4 Å². The molecule has 30 heavy (non-hydrogen) atoms. The average Bonchev–Trinajstić information content (AvgIpc) is 2.70. The lowest BCUT2D eigenvalue weighted by Gasteiger charge is -2.34. The van der Waals surface area contributed by atoms with E-state index in [4.69, 9.17) is 11.6 Å². The Labute approximate surface area is 177 Å². The zero-order chi connectivity index (χ0) is 21.4. The van der Waals surface area contributed by atoms with E-state index in [0.717, 1.165) is 24.3 Å². The van der Waals surface area contributed by atoms with Crippen LogP contribution in [-0.2, 0) is 9.59 Å². The molecule has 7 heteroatoms. The molecule has 4 rings (SSSR count). The van der Waals surface area contributed by atoms with Gasteiger partial charge in [0, 0.05) is 39.9 Å². The lowest BCUT2D eigenvalue weighted by atomic mass is 9.75. The van der Waals surface area contributed by atoms with E-state index in [1.165, 1.54) is 6.07 Å². The van der Waals surface area contributed by atoms with Crippen molar-refractivity contribution < 1.29 is 18.4 Å². The number of carbonyl (C=O) groups excluding carboxylic acids is 2. The number of nitrogens with one attached hydrogen (secondary N) is 2. The highest BCUT2D eigenvalue weighted by Gasteiger charge is 2.39. The van der Waals surface area contributed by atoms with Crippen LogP contribution in [0.1, 0.15) is 37.7 Å². The number of dihydropyridines is 1. The molecule has 0 bridgehead atoms. The SMILES string of the molecule is CC1=C(C(=O)Nc2c(F)cccc2F)C(c2ccccc2Cl)C2=C(CCCC2=O)N1. The van der Waals surface area contributed by atoms with Gasteiger partial charge in [-0.15, -0.1) is 0 Å².